The quantitative estimate of drug-likeness (QED) is 0.915. The van der Waals surface area contributed by atoms with Gasteiger partial charge in [-0.3, -0.25) is 9.59 Å². The van der Waals surface area contributed by atoms with Crippen LogP contribution in [-0.4, -0.2) is 30.2 Å². The average Bonchev–Trinajstić information content (AvgIpc) is 2.41. The lowest BCUT2D eigenvalue weighted by Gasteiger charge is -2.16. The number of carbonyl (C=O) groups excluding carboxylic acids is 1. The number of methoxy groups -OCH3 is 1. The lowest BCUT2D eigenvalue weighted by atomic mass is 10.1. The molecule has 1 aromatic heterocycles. The van der Waals surface area contributed by atoms with Crippen LogP contribution < -0.4 is 10.7 Å². The van der Waals surface area contributed by atoms with Crippen LogP contribution in [0, 0.1) is 13.8 Å². The number of carbonyl (C=O) groups is 1. The molecule has 0 bridgehead atoms. The molecule has 1 N–H and O–H groups in total. The monoisotopic (exact) mass is 302 g/mol. The van der Waals surface area contributed by atoms with Gasteiger partial charge in [0, 0.05) is 30.8 Å². The number of nitrogens with zero attached hydrogens (tertiary/aromatic N) is 1. The van der Waals surface area contributed by atoms with Crippen molar-refractivity contribution in [1.82, 2.24) is 9.88 Å². The molecule has 5 nitrogen and oxygen atoms in total. The van der Waals surface area contributed by atoms with Crippen molar-refractivity contribution in [2.24, 2.45) is 0 Å². The maximum absolute atomic E-state index is 12.1. The Hall–Kier alpha value is -2.14. The average molecular weight is 302 g/mol. The minimum Gasteiger partial charge on any atom is -0.383 e. The third-order valence-corrected chi connectivity index (χ3v) is 3.56. The number of rotatable bonds is 5. The summed E-state index contributed by atoms with van der Waals surface area (Å²) in [5.74, 6) is -0.103. The van der Waals surface area contributed by atoms with Gasteiger partial charge in [-0.15, -0.1) is 0 Å². The number of aryl methyl sites for hydroxylation is 2. The van der Waals surface area contributed by atoms with Gasteiger partial charge in [-0.25, -0.2) is 0 Å². The van der Waals surface area contributed by atoms with Crippen molar-refractivity contribution in [3.63, 3.8) is 0 Å². The van der Waals surface area contributed by atoms with E-state index in [9.17, 15) is 9.59 Å². The second-order valence-corrected chi connectivity index (χ2v) is 5.71. The van der Waals surface area contributed by atoms with E-state index < -0.39 is 0 Å². The molecule has 0 aliphatic heterocycles. The molecule has 22 heavy (non-hydrogen) atoms. The van der Waals surface area contributed by atoms with Crippen molar-refractivity contribution in [3.8, 4) is 0 Å². The smallest absolute Gasteiger partial charge is 0.240 e. The Kier molecular flexibility index (Phi) is 4.98. The lowest BCUT2D eigenvalue weighted by Crippen LogP contribution is -2.37. The Morgan fingerprint density at radius 3 is 2.77 bits per heavy atom. The molecule has 0 fully saturated rings. The van der Waals surface area contributed by atoms with Gasteiger partial charge in [0.25, 0.3) is 0 Å². The fourth-order valence-corrected chi connectivity index (χ4v) is 2.72. The summed E-state index contributed by atoms with van der Waals surface area (Å²) in [5.41, 5.74) is 2.77. The zero-order chi connectivity index (χ0) is 16.3. The minimum atomic E-state index is -0.103. The molecular weight excluding hydrogens is 280 g/mol. The molecule has 0 spiro atoms. The van der Waals surface area contributed by atoms with Crippen LogP contribution in [0.5, 0.6) is 0 Å². The molecule has 1 heterocycles. The molecule has 5 heteroatoms. The molecule has 2 rings (SSSR count). The van der Waals surface area contributed by atoms with E-state index in [0.717, 1.165) is 16.6 Å². The van der Waals surface area contributed by atoms with E-state index in [2.05, 4.69) is 5.32 Å². The molecule has 0 unspecified atom stereocenters. The van der Waals surface area contributed by atoms with Gasteiger partial charge in [-0.2, -0.15) is 0 Å². The molecule has 1 atom stereocenters. The summed E-state index contributed by atoms with van der Waals surface area (Å²) in [6.45, 7) is 6.43. The van der Waals surface area contributed by atoms with E-state index in [1.165, 1.54) is 6.07 Å². The first-order valence-electron chi connectivity index (χ1n) is 7.31. The standard InChI is InChI=1S/C17H22N2O3/c1-11-7-12(2)17-14(8-11)19(6-5-15(17)20)9-16(21)18-13(3)10-22-4/h5-8,13H,9-10H2,1-4H3,(H,18,21)/t13-/m1/s1. The van der Waals surface area contributed by atoms with Crippen molar-refractivity contribution in [1.29, 1.82) is 0 Å². The van der Waals surface area contributed by atoms with E-state index in [-0.39, 0.29) is 23.9 Å². The van der Waals surface area contributed by atoms with E-state index in [0.29, 0.717) is 12.0 Å². The van der Waals surface area contributed by atoms with Crippen LogP contribution >= 0.6 is 0 Å². The zero-order valence-corrected chi connectivity index (χ0v) is 13.5. The highest BCUT2D eigenvalue weighted by molar-refractivity contribution is 5.85. The molecule has 0 aliphatic rings. The van der Waals surface area contributed by atoms with Crippen LogP contribution in [0.2, 0.25) is 0 Å². The number of pyridine rings is 1. The van der Waals surface area contributed by atoms with Gasteiger partial charge in [0.1, 0.15) is 6.54 Å². The summed E-state index contributed by atoms with van der Waals surface area (Å²) < 4.78 is 6.82. The maximum atomic E-state index is 12.1. The van der Waals surface area contributed by atoms with Crippen molar-refractivity contribution >= 4 is 16.8 Å². The largest absolute Gasteiger partial charge is 0.383 e. The third kappa shape index (κ3) is 3.54. The Balaban J connectivity index is 2.34. The van der Waals surface area contributed by atoms with Crippen LogP contribution in [-0.2, 0) is 16.1 Å². The number of hydrogen-bond donors (Lipinski definition) is 1. The van der Waals surface area contributed by atoms with Gasteiger partial charge in [0.05, 0.1) is 12.1 Å². The number of amides is 1. The van der Waals surface area contributed by atoms with Crippen molar-refractivity contribution in [3.05, 3.63) is 45.7 Å². The fourth-order valence-electron chi connectivity index (χ4n) is 2.72. The van der Waals surface area contributed by atoms with Crippen LogP contribution in [0.15, 0.2) is 29.2 Å². The van der Waals surface area contributed by atoms with Crippen molar-refractivity contribution in [2.45, 2.75) is 33.4 Å². The summed E-state index contributed by atoms with van der Waals surface area (Å²) in [6, 6.07) is 5.38. The summed E-state index contributed by atoms with van der Waals surface area (Å²) in [4.78, 5) is 24.2. The van der Waals surface area contributed by atoms with E-state index in [1.54, 1.807) is 13.3 Å². The number of ether oxygens (including phenoxy) is 1. The number of hydrogen-bond acceptors (Lipinski definition) is 3. The predicted octanol–water partition coefficient (Wildman–Crippen LogP) is 1.77. The first-order valence-corrected chi connectivity index (χ1v) is 7.31. The number of nitrogens with one attached hydrogen (secondary N) is 1. The van der Waals surface area contributed by atoms with Gasteiger partial charge in [0.15, 0.2) is 5.43 Å². The first-order chi connectivity index (χ1) is 10.4. The van der Waals surface area contributed by atoms with Gasteiger partial charge < -0.3 is 14.6 Å². The van der Waals surface area contributed by atoms with Gasteiger partial charge in [-0.1, -0.05) is 6.07 Å². The third-order valence-electron chi connectivity index (χ3n) is 3.56. The van der Waals surface area contributed by atoms with Crippen molar-refractivity contribution < 1.29 is 9.53 Å². The highest BCUT2D eigenvalue weighted by Crippen LogP contribution is 2.17. The second-order valence-electron chi connectivity index (χ2n) is 5.71. The number of fused-ring (bicyclic) bond motifs is 1. The first kappa shape index (κ1) is 16.2. The van der Waals surface area contributed by atoms with Crippen LogP contribution in [0.4, 0.5) is 0 Å². The van der Waals surface area contributed by atoms with Gasteiger partial charge in [0.2, 0.25) is 5.91 Å². The highest BCUT2D eigenvalue weighted by atomic mass is 16.5. The maximum Gasteiger partial charge on any atom is 0.240 e. The van der Waals surface area contributed by atoms with Gasteiger partial charge >= 0.3 is 0 Å². The van der Waals surface area contributed by atoms with Crippen molar-refractivity contribution in [2.75, 3.05) is 13.7 Å². The Morgan fingerprint density at radius 2 is 2.09 bits per heavy atom. The van der Waals surface area contributed by atoms with Gasteiger partial charge in [-0.05, 0) is 38.0 Å². The summed E-state index contributed by atoms with van der Waals surface area (Å²) in [5, 5.41) is 3.55. The SMILES string of the molecule is COC[C@@H](C)NC(=O)Cn1ccc(=O)c2c(C)cc(C)cc21. The molecule has 0 saturated carbocycles. The van der Waals surface area contributed by atoms with Crippen LogP contribution in [0.1, 0.15) is 18.1 Å². The number of benzene rings is 1. The molecule has 1 aromatic carbocycles. The molecule has 1 amide bonds. The summed E-state index contributed by atoms with van der Waals surface area (Å²) >= 11 is 0. The summed E-state index contributed by atoms with van der Waals surface area (Å²) in [6.07, 6.45) is 1.67. The normalized spacial score (nSPS) is 12.4. The molecule has 0 radical (unpaired) electrons. The van der Waals surface area contributed by atoms with E-state index >= 15 is 0 Å². The Morgan fingerprint density at radius 1 is 1.36 bits per heavy atom. The molecule has 0 aliphatic carbocycles. The topological polar surface area (TPSA) is 60.3 Å². The van der Waals surface area contributed by atoms with Crippen LogP contribution in [0.25, 0.3) is 10.9 Å². The molecule has 118 valence electrons. The molecule has 0 saturated heterocycles. The predicted molar refractivity (Wildman–Crippen MR) is 87.2 cm³/mol. The molecular formula is C17H22N2O3. The second kappa shape index (κ2) is 6.75. The Bertz CT molecular complexity index is 749. The Labute approximate surface area is 129 Å². The fraction of sp³-hybridized carbons (Fsp3) is 0.412. The highest BCUT2D eigenvalue weighted by Gasteiger charge is 2.11. The minimum absolute atomic E-state index is 0.0168. The molecule has 2 aromatic rings. The van der Waals surface area contributed by atoms with Crippen LogP contribution in [0.3, 0.4) is 0 Å². The zero-order valence-electron chi connectivity index (χ0n) is 13.5. The van der Waals surface area contributed by atoms with E-state index in [1.807, 2.05) is 37.5 Å². The number of aromatic nitrogens is 1. The summed E-state index contributed by atoms with van der Waals surface area (Å²) in [7, 11) is 1.60. The lowest BCUT2D eigenvalue weighted by molar-refractivity contribution is -0.122. The van der Waals surface area contributed by atoms with E-state index in [4.69, 9.17) is 4.74 Å².